The quantitative estimate of drug-likeness (QED) is 0.336. The molecule has 0 aliphatic heterocycles. The lowest BCUT2D eigenvalue weighted by Crippen LogP contribution is -1.85. The minimum absolute atomic E-state index is 0.276. The summed E-state index contributed by atoms with van der Waals surface area (Å²) < 4.78 is 11.5. The zero-order valence-electron chi connectivity index (χ0n) is 16.0. The first-order chi connectivity index (χ1) is 14.1. The van der Waals surface area contributed by atoms with Gasteiger partial charge in [-0.2, -0.15) is 0 Å². The lowest BCUT2D eigenvalue weighted by molar-refractivity contribution is 0.414. The predicted octanol–water partition coefficient (Wildman–Crippen LogP) is 7.23. The molecule has 0 unspecified atom stereocenters. The molecule has 0 saturated carbocycles. The first-order valence-electron chi connectivity index (χ1n) is 9.02. The van der Waals surface area contributed by atoms with Crippen molar-refractivity contribution in [1.82, 2.24) is 0 Å². The number of hydrogen-bond acceptors (Lipinski definition) is 4. The van der Waals surface area contributed by atoms with Gasteiger partial charge in [-0.05, 0) is 53.6 Å². The molecule has 1 aromatic heterocycles. The van der Waals surface area contributed by atoms with E-state index in [0.29, 0.717) is 0 Å². The van der Waals surface area contributed by atoms with Crippen LogP contribution in [0, 0.1) is 0 Å². The number of rotatable bonds is 5. The molecule has 0 fully saturated rings. The first-order valence-corrected chi connectivity index (χ1v) is 10.6. The Bertz CT molecular complexity index is 1130. The van der Waals surface area contributed by atoms with E-state index in [4.69, 9.17) is 9.47 Å². The Kier molecular flexibility index (Phi) is 5.60. The number of ether oxygens (including phenoxy) is 2. The normalized spacial score (nSPS) is 10.7. The van der Waals surface area contributed by atoms with Crippen molar-refractivity contribution in [1.29, 1.82) is 0 Å². The van der Waals surface area contributed by atoms with Crippen molar-refractivity contribution in [3.05, 3.63) is 77.3 Å². The van der Waals surface area contributed by atoms with E-state index in [2.05, 4.69) is 15.9 Å². The van der Waals surface area contributed by atoms with Crippen molar-refractivity contribution in [3.8, 4) is 49.3 Å². The van der Waals surface area contributed by atoms with Crippen LogP contribution in [0.2, 0.25) is 0 Å². The highest BCUT2D eigenvalue weighted by Crippen LogP contribution is 2.52. The second-order valence-corrected chi connectivity index (χ2v) is 8.30. The van der Waals surface area contributed by atoms with Crippen LogP contribution in [0.25, 0.3) is 32.0 Å². The Morgan fingerprint density at radius 2 is 1.28 bits per heavy atom. The van der Waals surface area contributed by atoms with Crippen molar-refractivity contribution < 1.29 is 14.6 Å². The second kappa shape index (κ2) is 8.31. The van der Waals surface area contributed by atoms with Gasteiger partial charge in [0.25, 0.3) is 0 Å². The van der Waals surface area contributed by atoms with Crippen LogP contribution in [-0.4, -0.2) is 19.3 Å². The number of hydrogen-bond donors (Lipinski definition) is 1. The zero-order valence-corrected chi connectivity index (χ0v) is 18.4. The third-order valence-electron chi connectivity index (χ3n) is 4.73. The van der Waals surface area contributed by atoms with E-state index < -0.39 is 0 Å². The molecule has 1 heterocycles. The monoisotopic (exact) mass is 466 g/mol. The van der Waals surface area contributed by atoms with Crippen molar-refractivity contribution in [3.63, 3.8) is 0 Å². The average Bonchev–Trinajstić information content (AvgIpc) is 3.11. The van der Waals surface area contributed by atoms with Gasteiger partial charge in [0.2, 0.25) is 0 Å². The molecule has 4 rings (SSSR count). The number of benzene rings is 3. The van der Waals surface area contributed by atoms with E-state index in [1.54, 1.807) is 25.6 Å². The summed E-state index contributed by atoms with van der Waals surface area (Å²) >= 11 is 5.19. The molecule has 0 aliphatic carbocycles. The fourth-order valence-corrected chi connectivity index (χ4v) is 5.10. The number of halogens is 1. The molecule has 5 heteroatoms. The smallest absolute Gasteiger partial charge is 0.142 e. The summed E-state index contributed by atoms with van der Waals surface area (Å²) in [4.78, 5) is 1.83. The van der Waals surface area contributed by atoms with Gasteiger partial charge in [0.15, 0.2) is 0 Å². The van der Waals surface area contributed by atoms with Crippen LogP contribution in [0.3, 0.4) is 0 Å². The van der Waals surface area contributed by atoms with Crippen molar-refractivity contribution in [2.45, 2.75) is 0 Å². The Morgan fingerprint density at radius 1 is 0.724 bits per heavy atom. The standard InChI is InChI=1S/C24H19BrO3S/c1-27-17-11-7-15(8-12-17)21-22(26)24(19-5-3-4-6-20(19)25)29-23(21)16-9-13-18(28-2)14-10-16/h3-14,26H,1-2H3. The van der Waals surface area contributed by atoms with Gasteiger partial charge in [-0.25, -0.2) is 0 Å². The van der Waals surface area contributed by atoms with Crippen LogP contribution in [0.15, 0.2) is 77.3 Å². The highest BCUT2D eigenvalue weighted by Gasteiger charge is 2.22. The molecule has 0 aliphatic rings. The van der Waals surface area contributed by atoms with Gasteiger partial charge in [-0.15, -0.1) is 11.3 Å². The van der Waals surface area contributed by atoms with Crippen LogP contribution in [0.1, 0.15) is 0 Å². The minimum atomic E-state index is 0.276. The van der Waals surface area contributed by atoms with E-state index in [0.717, 1.165) is 48.0 Å². The molecule has 4 aromatic rings. The molecule has 0 atom stereocenters. The van der Waals surface area contributed by atoms with Gasteiger partial charge in [0.1, 0.15) is 17.2 Å². The summed E-state index contributed by atoms with van der Waals surface area (Å²) in [6, 6.07) is 23.6. The maximum atomic E-state index is 11.3. The molecular weight excluding hydrogens is 448 g/mol. The summed E-state index contributed by atoms with van der Waals surface area (Å²) in [6.45, 7) is 0. The number of thiophene rings is 1. The zero-order chi connectivity index (χ0) is 20.4. The molecule has 0 saturated heterocycles. The average molecular weight is 467 g/mol. The Balaban J connectivity index is 1.94. The van der Waals surface area contributed by atoms with Gasteiger partial charge >= 0.3 is 0 Å². The fourth-order valence-electron chi connectivity index (χ4n) is 3.22. The lowest BCUT2D eigenvalue weighted by atomic mass is 10.00. The number of aromatic hydroxyl groups is 1. The van der Waals surface area contributed by atoms with E-state index in [9.17, 15) is 5.11 Å². The summed E-state index contributed by atoms with van der Waals surface area (Å²) in [7, 11) is 3.30. The molecule has 3 aromatic carbocycles. The van der Waals surface area contributed by atoms with Crippen LogP contribution >= 0.6 is 27.3 Å². The molecule has 146 valence electrons. The molecule has 1 N–H and O–H groups in total. The van der Waals surface area contributed by atoms with Crippen LogP contribution in [-0.2, 0) is 0 Å². The van der Waals surface area contributed by atoms with Crippen LogP contribution in [0.4, 0.5) is 0 Å². The topological polar surface area (TPSA) is 38.7 Å². The summed E-state index contributed by atoms with van der Waals surface area (Å²) in [5.41, 5.74) is 3.73. The van der Waals surface area contributed by atoms with Crippen molar-refractivity contribution >= 4 is 27.3 Å². The van der Waals surface area contributed by atoms with E-state index in [1.165, 1.54) is 0 Å². The van der Waals surface area contributed by atoms with E-state index in [-0.39, 0.29) is 5.75 Å². The van der Waals surface area contributed by atoms with Crippen molar-refractivity contribution in [2.75, 3.05) is 14.2 Å². The van der Waals surface area contributed by atoms with Gasteiger partial charge in [0.05, 0.1) is 19.1 Å². The third kappa shape index (κ3) is 3.76. The van der Waals surface area contributed by atoms with E-state index in [1.807, 2.05) is 72.8 Å². The van der Waals surface area contributed by atoms with Gasteiger partial charge < -0.3 is 14.6 Å². The minimum Gasteiger partial charge on any atom is -0.506 e. The highest BCUT2D eigenvalue weighted by atomic mass is 79.9. The van der Waals surface area contributed by atoms with Crippen molar-refractivity contribution in [2.24, 2.45) is 0 Å². The Hall–Kier alpha value is -2.76. The largest absolute Gasteiger partial charge is 0.506 e. The lowest BCUT2D eigenvalue weighted by Gasteiger charge is -2.08. The molecule has 0 bridgehead atoms. The summed E-state index contributed by atoms with van der Waals surface area (Å²) in [5, 5.41) is 11.3. The Labute approximate surface area is 182 Å². The summed E-state index contributed by atoms with van der Waals surface area (Å²) in [6.07, 6.45) is 0. The fraction of sp³-hybridized carbons (Fsp3) is 0.0833. The van der Waals surface area contributed by atoms with Crippen LogP contribution in [0.5, 0.6) is 17.2 Å². The van der Waals surface area contributed by atoms with Crippen LogP contribution < -0.4 is 9.47 Å². The SMILES string of the molecule is COc1ccc(-c2sc(-c3ccccc3Br)c(O)c2-c2ccc(OC)cc2)cc1. The molecule has 0 radical (unpaired) electrons. The third-order valence-corrected chi connectivity index (χ3v) is 6.69. The Morgan fingerprint density at radius 3 is 1.83 bits per heavy atom. The molecule has 0 amide bonds. The maximum absolute atomic E-state index is 11.3. The molecule has 3 nitrogen and oxygen atoms in total. The molecular formula is C24H19BrO3S. The first kappa shape index (κ1) is 19.6. The second-order valence-electron chi connectivity index (χ2n) is 6.42. The molecule has 29 heavy (non-hydrogen) atoms. The molecule has 0 spiro atoms. The van der Waals surface area contributed by atoms with Gasteiger partial charge in [-0.3, -0.25) is 0 Å². The highest BCUT2D eigenvalue weighted by molar-refractivity contribution is 9.10. The van der Waals surface area contributed by atoms with E-state index >= 15 is 0 Å². The number of methoxy groups -OCH3 is 2. The maximum Gasteiger partial charge on any atom is 0.142 e. The summed E-state index contributed by atoms with van der Waals surface area (Å²) in [5.74, 6) is 1.85. The van der Waals surface area contributed by atoms with Gasteiger partial charge in [-0.1, -0.05) is 46.3 Å². The van der Waals surface area contributed by atoms with Gasteiger partial charge in [0, 0.05) is 20.5 Å². The predicted molar refractivity (Wildman–Crippen MR) is 123 cm³/mol.